The first-order valence-corrected chi connectivity index (χ1v) is 10.2. The first kappa shape index (κ1) is 21.1. The van der Waals surface area contributed by atoms with E-state index in [1.807, 2.05) is 0 Å². The van der Waals surface area contributed by atoms with Crippen molar-refractivity contribution in [2.24, 2.45) is 0 Å². The second kappa shape index (κ2) is 9.12. The third-order valence-corrected chi connectivity index (χ3v) is 6.01. The SMILES string of the molecule is CON(C)S(=O)(=O)c1ccc(NC(=O)CCc2ccc(C(C)C)cc2)cc1. The lowest BCUT2D eigenvalue weighted by Crippen LogP contribution is -2.25. The molecule has 0 bridgehead atoms. The van der Waals surface area contributed by atoms with Gasteiger partial charge in [-0.1, -0.05) is 42.6 Å². The number of anilines is 1. The van der Waals surface area contributed by atoms with Crippen molar-refractivity contribution in [2.75, 3.05) is 19.5 Å². The van der Waals surface area contributed by atoms with Gasteiger partial charge in [-0.15, -0.1) is 0 Å². The Labute approximate surface area is 161 Å². The molecule has 27 heavy (non-hydrogen) atoms. The molecule has 0 unspecified atom stereocenters. The number of carbonyl (C=O) groups is 1. The van der Waals surface area contributed by atoms with Gasteiger partial charge in [0.15, 0.2) is 0 Å². The third-order valence-electron chi connectivity index (χ3n) is 4.32. The summed E-state index contributed by atoms with van der Waals surface area (Å²) in [4.78, 5) is 17.0. The van der Waals surface area contributed by atoms with Crippen molar-refractivity contribution in [1.29, 1.82) is 0 Å². The Morgan fingerprint density at radius 3 is 2.19 bits per heavy atom. The molecule has 7 heteroatoms. The second-order valence-electron chi connectivity index (χ2n) is 6.57. The van der Waals surface area contributed by atoms with Gasteiger partial charge in [0.2, 0.25) is 5.91 Å². The molecule has 0 atom stereocenters. The van der Waals surface area contributed by atoms with E-state index in [4.69, 9.17) is 4.84 Å². The largest absolute Gasteiger partial charge is 0.326 e. The van der Waals surface area contributed by atoms with Crippen LogP contribution in [0.5, 0.6) is 0 Å². The van der Waals surface area contributed by atoms with E-state index in [2.05, 4.69) is 43.4 Å². The fourth-order valence-corrected chi connectivity index (χ4v) is 3.48. The molecule has 2 aromatic rings. The average molecular weight is 391 g/mol. The first-order valence-electron chi connectivity index (χ1n) is 8.76. The van der Waals surface area contributed by atoms with Crippen LogP contribution < -0.4 is 5.32 Å². The zero-order valence-corrected chi connectivity index (χ0v) is 16.9. The Morgan fingerprint density at radius 1 is 1.07 bits per heavy atom. The first-order chi connectivity index (χ1) is 12.7. The third kappa shape index (κ3) is 5.63. The Balaban J connectivity index is 1.92. The predicted molar refractivity (Wildman–Crippen MR) is 106 cm³/mol. The van der Waals surface area contributed by atoms with Crippen molar-refractivity contribution in [2.45, 2.75) is 37.5 Å². The summed E-state index contributed by atoms with van der Waals surface area (Å²) in [6, 6.07) is 14.3. The fourth-order valence-electron chi connectivity index (χ4n) is 2.51. The van der Waals surface area contributed by atoms with Gasteiger partial charge in [0.1, 0.15) is 0 Å². The average Bonchev–Trinajstić information content (AvgIpc) is 2.66. The number of aryl methyl sites for hydroxylation is 1. The van der Waals surface area contributed by atoms with Crippen LogP contribution in [0.25, 0.3) is 0 Å². The van der Waals surface area contributed by atoms with Gasteiger partial charge < -0.3 is 5.32 Å². The molecule has 0 aromatic heterocycles. The van der Waals surface area contributed by atoms with Crippen LogP contribution in [0.4, 0.5) is 5.69 Å². The van der Waals surface area contributed by atoms with Crippen LogP contribution in [-0.4, -0.2) is 33.0 Å². The maximum atomic E-state index is 12.1. The molecule has 1 N–H and O–H groups in total. The molecule has 0 aliphatic carbocycles. The summed E-state index contributed by atoms with van der Waals surface area (Å²) < 4.78 is 25.1. The number of hydrogen-bond donors (Lipinski definition) is 1. The molecule has 0 aliphatic heterocycles. The smallest absolute Gasteiger partial charge is 0.264 e. The highest BCUT2D eigenvalue weighted by Crippen LogP contribution is 2.18. The monoisotopic (exact) mass is 390 g/mol. The zero-order chi connectivity index (χ0) is 20.0. The number of carbonyl (C=O) groups excluding carboxylic acids is 1. The maximum absolute atomic E-state index is 12.1. The lowest BCUT2D eigenvalue weighted by atomic mass is 10.0. The Bertz CT molecular complexity index is 860. The highest BCUT2D eigenvalue weighted by atomic mass is 32.2. The normalized spacial score (nSPS) is 11.8. The summed E-state index contributed by atoms with van der Waals surface area (Å²) in [5.41, 5.74) is 2.94. The summed E-state index contributed by atoms with van der Waals surface area (Å²) in [5, 5.41) is 2.79. The van der Waals surface area contributed by atoms with Crippen molar-refractivity contribution in [3.8, 4) is 0 Å². The predicted octanol–water partition coefficient (Wildman–Crippen LogP) is 3.56. The van der Waals surface area contributed by atoms with Gasteiger partial charge in [-0.3, -0.25) is 9.63 Å². The van der Waals surface area contributed by atoms with E-state index in [-0.39, 0.29) is 10.8 Å². The number of amides is 1. The quantitative estimate of drug-likeness (QED) is 0.699. The van der Waals surface area contributed by atoms with Crippen molar-refractivity contribution in [1.82, 2.24) is 4.47 Å². The lowest BCUT2D eigenvalue weighted by molar-refractivity contribution is -0.116. The maximum Gasteiger partial charge on any atom is 0.264 e. The molecular formula is C20H26N2O4S. The molecule has 2 aromatic carbocycles. The molecule has 0 spiro atoms. The van der Waals surface area contributed by atoms with Crippen LogP contribution in [0.1, 0.15) is 37.3 Å². The van der Waals surface area contributed by atoms with E-state index in [0.717, 1.165) is 10.0 Å². The molecule has 6 nitrogen and oxygen atoms in total. The van der Waals surface area contributed by atoms with Crippen molar-refractivity contribution in [3.63, 3.8) is 0 Å². The summed E-state index contributed by atoms with van der Waals surface area (Å²) in [6.45, 7) is 4.29. The highest BCUT2D eigenvalue weighted by Gasteiger charge is 2.20. The van der Waals surface area contributed by atoms with Crippen molar-refractivity contribution in [3.05, 3.63) is 59.7 Å². The summed E-state index contributed by atoms with van der Waals surface area (Å²) in [7, 11) is -1.09. The molecule has 0 aliphatic rings. The summed E-state index contributed by atoms with van der Waals surface area (Å²) in [6.07, 6.45) is 1.00. The Morgan fingerprint density at radius 2 is 1.67 bits per heavy atom. The van der Waals surface area contributed by atoms with Gasteiger partial charge in [-0.25, -0.2) is 8.42 Å². The van der Waals surface area contributed by atoms with E-state index in [9.17, 15) is 13.2 Å². The van der Waals surface area contributed by atoms with Gasteiger partial charge in [0.25, 0.3) is 10.0 Å². The van der Waals surface area contributed by atoms with E-state index in [1.54, 1.807) is 12.1 Å². The zero-order valence-electron chi connectivity index (χ0n) is 16.1. The number of rotatable bonds is 8. The van der Waals surface area contributed by atoms with Crippen LogP contribution in [0.15, 0.2) is 53.4 Å². The van der Waals surface area contributed by atoms with Crippen LogP contribution in [0.2, 0.25) is 0 Å². The Hall–Kier alpha value is -2.22. The highest BCUT2D eigenvalue weighted by molar-refractivity contribution is 7.89. The van der Waals surface area contributed by atoms with Gasteiger partial charge in [-0.05, 0) is 47.7 Å². The molecule has 146 valence electrons. The van der Waals surface area contributed by atoms with E-state index in [0.29, 0.717) is 24.4 Å². The number of hydrogen-bond acceptors (Lipinski definition) is 4. The van der Waals surface area contributed by atoms with E-state index in [1.165, 1.54) is 31.9 Å². The number of hydroxylamine groups is 1. The van der Waals surface area contributed by atoms with Gasteiger partial charge >= 0.3 is 0 Å². The minimum absolute atomic E-state index is 0.0927. The van der Waals surface area contributed by atoms with Crippen LogP contribution >= 0.6 is 0 Å². The minimum Gasteiger partial charge on any atom is -0.326 e. The standard InChI is InChI=1S/C20H26N2O4S/c1-15(2)17-8-5-16(6-9-17)7-14-20(23)21-18-10-12-19(13-11-18)27(24,25)22(3)26-4/h5-6,8-13,15H,7,14H2,1-4H3,(H,21,23). The van der Waals surface area contributed by atoms with E-state index < -0.39 is 10.0 Å². The number of nitrogens with one attached hydrogen (secondary N) is 1. The molecule has 0 radical (unpaired) electrons. The number of sulfonamides is 1. The molecule has 2 rings (SSSR count). The van der Waals surface area contributed by atoms with Crippen molar-refractivity contribution < 1.29 is 18.0 Å². The topological polar surface area (TPSA) is 75.7 Å². The molecular weight excluding hydrogens is 364 g/mol. The molecule has 1 amide bonds. The number of benzene rings is 2. The van der Waals surface area contributed by atoms with Crippen LogP contribution in [0, 0.1) is 0 Å². The Kier molecular flexibility index (Phi) is 7.12. The molecule has 0 saturated carbocycles. The van der Waals surface area contributed by atoms with Crippen molar-refractivity contribution >= 4 is 21.6 Å². The summed E-state index contributed by atoms with van der Waals surface area (Å²) in [5.74, 6) is 0.366. The van der Waals surface area contributed by atoms with Gasteiger partial charge in [0.05, 0.1) is 12.0 Å². The molecule has 0 fully saturated rings. The lowest BCUT2D eigenvalue weighted by Gasteiger charge is -2.14. The second-order valence-corrected chi connectivity index (χ2v) is 8.50. The van der Waals surface area contributed by atoms with Gasteiger partial charge in [0, 0.05) is 19.2 Å². The number of nitrogens with zero attached hydrogens (tertiary/aromatic N) is 1. The van der Waals surface area contributed by atoms with E-state index >= 15 is 0 Å². The molecule has 0 saturated heterocycles. The van der Waals surface area contributed by atoms with Crippen LogP contribution in [0.3, 0.4) is 0 Å². The fraction of sp³-hybridized carbons (Fsp3) is 0.350. The van der Waals surface area contributed by atoms with Gasteiger partial charge in [-0.2, -0.15) is 0 Å². The molecule has 0 heterocycles. The summed E-state index contributed by atoms with van der Waals surface area (Å²) >= 11 is 0. The minimum atomic E-state index is -3.69. The van der Waals surface area contributed by atoms with Crippen LogP contribution in [-0.2, 0) is 26.1 Å².